The lowest BCUT2D eigenvalue weighted by molar-refractivity contribution is -0.138. The summed E-state index contributed by atoms with van der Waals surface area (Å²) in [4.78, 5) is 13.1. The Kier molecular flexibility index (Phi) is 5.43. The highest BCUT2D eigenvalue weighted by atomic mass is 79.9. The predicted octanol–water partition coefficient (Wildman–Crippen LogP) is 3.14. The second-order valence-corrected chi connectivity index (χ2v) is 6.16. The summed E-state index contributed by atoms with van der Waals surface area (Å²) in [6, 6.07) is 6.09. The van der Waals surface area contributed by atoms with Gasteiger partial charge < -0.3 is 9.84 Å². The molecule has 2 rings (SSSR count). The van der Waals surface area contributed by atoms with Gasteiger partial charge in [-0.3, -0.25) is 9.69 Å². The van der Waals surface area contributed by atoms with Crippen LogP contribution in [0, 0.1) is 5.92 Å². The van der Waals surface area contributed by atoms with Gasteiger partial charge in [-0.25, -0.2) is 0 Å². The van der Waals surface area contributed by atoms with Gasteiger partial charge in [-0.15, -0.1) is 0 Å². The number of hydrogen-bond donors (Lipinski definition) is 1. The maximum absolute atomic E-state index is 10.8. The molecule has 0 aromatic heterocycles. The van der Waals surface area contributed by atoms with Crippen LogP contribution < -0.4 is 4.74 Å². The van der Waals surface area contributed by atoms with Crippen LogP contribution in [0.15, 0.2) is 22.7 Å². The summed E-state index contributed by atoms with van der Waals surface area (Å²) in [5, 5.41) is 8.90. The smallest absolute Gasteiger partial charge is 0.303 e. The zero-order valence-corrected chi connectivity index (χ0v) is 13.2. The average molecular weight is 342 g/mol. The topological polar surface area (TPSA) is 49.8 Å². The fourth-order valence-electron chi connectivity index (χ4n) is 2.77. The molecule has 110 valence electrons. The summed E-state index contributed by atoms with van der Waals surface area (Å²) in [5.74, 6) is 0.420. The van der Waals surface area contributed by atoms with Gasteiger partial charge in [0.1, 0.15) is 5.75 Å². The fraction of sp³-hybridized carbons (Fsp3) is 0.533. The Labute approximate surface area is 127 Å². The number of carboxylic acid groups (broad SMARTS) is 1. The standard InChI is InChI=1S/C15H20BrNO3/c1-20-14-5-4-12(7-13(14)16)10-17-6-2-3-11(9-17)8-15(18)19/h4-5,7,11H,2-3,6,8-10H2,1H3,(H,18,19). The van der Waals surface area contributed by atoms with Crippen molar-refractivity contribution >= 4 is 21.9 Å². The van der Waals surface area contributed by atoms with E-state index in [9.17, 15) is 4.79 Å². The van der Waals surface area contributed by atoms with Crippen LogP contribution in [-0.2, 0) is 11.3 Å². The molecule has 1 atom stereocenters. The highest BCUT2D eigenvalue weighted by Gasteiger charge is 2.22. The van der Waals surface area contributed by atoms with Crippen LogP contribution in [0.4, 0.5) is 0 Å². The third-order valence-electron chi connectivity index (χ3n) is 3.69. The van der Waals surface area contributed by atoms with Gasteiger partial charge in [0.05, 0.1) is 11.6 Å². The van der Waals surface area contributed by atoms with Crippen LogP contribution in [0.2, 0.25) is 0 Å². The van der Waals surface area contributed by atoms with Crippen molar-refractivity contribution in [3.8, 4) is 5.75 Å². The minimum absolute atomic E-state index is 0.280. The Morgan fingerprint density at radius 3 is 3.00 bits per heavy atom. The second kappa shape index (κ2) is 7.09. The highest BCUT2D eigenvalue weighted by molar-refractivity contribution is 9.10. The lowest BCUT2D eigenvalue weighted by Crippen LogP contribution is -2.35. The normalized spacial score (nSPS) is 19.8. The summed E-state index contributed by atoms with van der Waals surface area (Å²) < 4.78 is 6.18. The molecule has 0 aliphatic carbocycles. The molecule has 1 heterocycles. The number of benzene rings is 1. The molecule has 20 heavy (non-hydrogen) atoms. The number of likely N-dealkylation sites (tertiary alicyclic amines) is 1. The van der Waals surface area contributed by atoms with E-state index in [0.29, 0.717) is 0 Å². The van der Waals surface area contributed by atoms with Gasteiger partial charge in [0.25, 0.3) is 0 Å². The fourth-order valence-corrected chi connectivity index (χ4v) is 3.36. The van der Waals surface area contributed by atoms with Crippen LogP contribution in [0.5, 0.6) is 5.75 Å². The lowest BCUT2D eigenvalue weighted by Gasteiger charge is -2.32. The molecule has 4 nitrogen and oxygen atoms in total. The number of aliphatic carboxylic acids is 1. The van der Waals surface area contributed by atoms with E-state index in [1.54, 1.807) is 7.11 Å². The van der Waals surface area contributed by atoms with Crippen LogP contribution in [0.25, 0.3) is 0 Å². The summed E-state index contributed by atoms with van der Waals surface area (Å²) in [6.07, 6.45) is 2.38. The predicted molar refractivity (Wildman–Crippen MR) is 80.9 cm³/mol. The largest absolute Gasteiger partial charge is 0.496 e. The molecule has 1 aliphatic rings. The van der Waals surface area contributed by atoms with Crippen LogP contribution >= 0.6 is 15.9 Å². The first-order chi connectivity index (χ1) is 9.58. The quantitative estimate of drug-likeness (QED) is 0.893. The van der Waals surface area contributed by atoms with Gasteiger partial charge >= 0.3 is 5.97 Å². The average Bonchev–Trinajstić information content (AvgIpc) is 2.38. The molecule has 0 saturated carbocycles. The Morgan fingerprint density at radius 1 is 1.55 bits per heavy atom. The Balaban J connectivity index is 1.95. The number of nitrogens with zero attached hydrogens (tertiary/aromatic N) is 1. The van der Waals surface area contributed by atoms with Crippen LogP contribution in [0.1, 0.15) is 24.8 Å². The van der Waals surface area contributed by atoms with Crippen molar-refractivity contribution in [3.05, 3.63) is 28.2 Å². The summed E-state index contributed by atoms with van der Waals surface area (Å²) in [5.41, 5.74) is 1.22. The van der Waals surface area contributed by atoms with Gasteiger partial charge in [0, 0.05) is 19.5 Å². The van der Waals surface area contributed by atoms with E-state index in [0.717, 1.165) is 42.7 Å². The van der Waals surface area contributed by atoms with E-state index < -0.39 is 5.97 Å². The molecule has 1 saturated heterocycles. The van der Waals surface area contributed by atoms with E-state index in [1.807, 2.05) is 6.07 Å². The lowest BCUT2D eigenvalue weighted by atomic mass is 9.94. The number of ether oxygens (including phenoxy) is 1. The van der Waals surface area contributed by atoms with Gasteiger partial charge in [-0.05, 0) is 58.9 Å². The first-order valence-corrected chi connectivity index (χ1v) is 7.64. The molecule has 1 aromatic carbocycles. The molecule has 1 fully saturated rings. The van der Waals surface area contributed by atoms with Gasteiger partial charge in [-0.1, -0.05) is 6.07 Å². The van der Waals surface area contributed by atoms with E-state index in [-0.39, 0.29) is 12.3 Å². The molecular formula is C15H20BrNO3. The van der Waals surface area contributed by atoms with E-state index in [4.69, 9.17) is 9.84 Å². The molecule has 0 bridgehead atoms. The zero-order valence-electron chi connectivity index (χ0n) is 11.6. The van der Waals surface area contributed by atoms with Crippen molar-refractivity contribution < 1.29 is 14.6 Å². The minimum Gasteiger partial charge on any atom is -0.496 e. The number of carboxylic acids is 1. The zero-order chi connectivity index (χ0) is 14.5. The molecule has 1 N–H and O–H groups in total. The van der Waals surface area contributed by atoms with E-state index >= 15 is 0 Å². The molecular weight excluding hydrogens is 322 g/mol. The highest BCUT2D eigenvalue weighted by Crippen LogP contribution is 2.27. The van der Waals surface area contributed by atoms with E-state index in [1.165, 1.54) is 5.56 Å². The molecule has 1 aromatic rings. The maximum atomic E-state index is 10.8. The monoisotopic (exact) mass is 341 g/mol. The van der Waals surface area contributed by atoms with Crippen molar-refractivity contribution in [2.45, 2.75) is 25.8 Å². The summed E-state index contributed by atoms with van der Waals surface area (Å²) >= 11 is 3.50. The first-order valence-electron chi connectivity index (χ1n) is 6.85. The summed E-state index contributed by atoms with van der Waals surface area (Å²) in [6.45, 7) is 2.77. The Morgan fingerprint density at radius 2 is 2.35 bits per heavy atom. The molecule has 1 unspecified atom stereocenters. The van der Waals surface area contributed by atoms with Crippen molar-refractivity contribution in [2.24, 2.45) is 5.92 Å². The minimum atomic E-state index is -0.691. The second-order valence-electron chi connectivity index (χ2n) is 5.31. The van der Waals surface area contributed by atoms with Crippen molar-refractivity contribution in [3.63, 3.8) is 0 Å². The van der Waals surface area contributed by atoms with Crippen molar-refractivity contribution in [1.29, 1.82) is 0 Å². The number of hydrogen-bond acceptors (Lipinski definition) is 3. The number of methoxy groups -OCH3 is 1. The molecule has 0 amide bonds. The third-order valence-corrected chi connectivity index (χ3v) is 4.31. The molecule has 1 aliphatic heterocycles. The maximum Gasteiger partial charge on any atom is 0.303 e. The number of halogens is 1. The molecule has 0 spiro atoms. The SMILES string of the molecule is COc1ccc(CN2CCCC(CC(=O)O)C2)cc1Br. The third kappa shape index (κ3) is 4.21. The number of carbonyl (C=O) groups is 1. The molecule has 0 radical (unpaired) electrons. The molecule has 5 heteroatoms. The Hall–Kier alpha value is -1.07. The van der Waals surface area contributed by atoms with E-state index in [2.05, 4.69) is 33.0 Å². The van der Waals surface area contributed by atoms with Crippen LogP contribution in [-0.4, -0.2) is 36.2 Å². The number of rotatable bonds is 5. The van der Waals surface area contributed by atoms with Crippen molar-refractivity contribution in [1.82, 2.24) is 4.90 Å². The van der Waals surface area contributed by atoms with Gasteiger partial charge in [-0.2, -0.15) is 0 Å². The van der Waals surface area contributed by atoms with Crippen LogP contribution in [0.3, 0.4) is 0 Å². The Bertz CT molecular complexity index is 478. The van der Waals surface area contributed by atoms with Gasteiger partial charge in [0.15, 0.2) is 0 Å². The summed E-state index contributed by atoms with van der Waals surface area (Å²) in [7, 11) is 1.65. The van der Waals surface area contributed by atoms with Gasteiger partial charge in [0.2, 0.25) is 0 Å². The van der Waals surface area contributed by atoms with Crippen molar-refractivity contribution in [2.75, 3.05) is 20.2 Å². The number of piperidine rings is 1. The first kappa shape index (κ1) is 15.3.